The number of aliphatic hydroxyl groups excluding tert-OH is 1. The number of carbonyl (C=O) groups is 1. The van der Waals surface area contributed by atoms with Crippen LogP contribution in [0.3, 0.4) is 0 Å². The van der Waals surface area contributed by atoms with Gasteiger partial charge in [-0.3, -0.25) is 14.8 Å². The second-order valence-corrected chi connectivity index (χ2v) is 11.5. The van der Waals surface area contributed by atoms with E-state index in [0.29, 0.717) is 31.6 Å². The van der Waals surface area contributed by atoms with Crippen molar-refractivity contribution < 1.29 is 23.1 Å². The van der Waals surface area contributed by atoms with Crippen LogP contribution >= 0.6 is 11.3 Å². The molecule has 222 valence electrons. The van der Waals surface area contributed by atoms with Crippen LogP contribution in [0.5, 0.6) is 0 Å². The molecule has 1 fully saturated rings. The van der Waals surface area contributed by atoms with Crippen molar-refractivity contribution in [1.29, 1.82) is 0 Å². The highest BCUT2D eigenvalue weighted by molar-refractivity contribution is 7.21. The van der Waals surface area contributed by atoms with Crippen molar-refractivity contribution in [3.05, 3.63) is 77.2 Å². The van der Waals surface area contributed by atoms with E-state index in [-0.39, 0.29) is 39.2 Å². The number of fused-ring (bicyclic) bond motifs is 2. The van der Waals surface area contributed by atoms with Crippen molar-refractivity contribution >= 4 is 49.7 Å². The number of rotatable bonds is 7. The summed E-state index contributed by atoms with van der Waals surface area (Å²) in [6, 6.07) is 12.7. The Labute approximate surface area is 248 Å². The molecule has 5 heterocycles. The lowest BCUT2D eigenvalue weighted by Crippen LogP contribution is -2.44. The lowest BCUT2D eigenvalue weighted by molar-refractivity contribution is -0.136. The number of aliphatic hydroxyl groups is 1. The summed E-state index contributed by atoms with van der Waals surface area (Å²) in [7, 11) is 0. The highest BCUT2D eigenvalue weighted by Crippen LogP contribution is 2.43. The van der Waals surface area contributed by atoms with Gasteiger partial charge in [-0.1, -0.05) is 30.3 Å². The molecule has 9 nitrogen and oxygen atoms in total. The summed E-state index contributed by atoms with van der Waals surface area (Å²) in [6.07, 6.45) is 1.09. The minimum Gasteiger partial charge on any atom is -0.397 e. The maximum absolute atomic E-state index is 13.9. The van der Waals surface area contributed by atoms with Gasteiger partial charge < -0.3 is 26.8 Å². The number of carbonyl (C=O) groups excluding carboxylic acids is 1. The van der Waals surface area contributed by atoms with E-state index in [9.17, 15) is 23.1 Å². The molecule has 0 radical (unpaired) electrons. The molecule has 6 N–H and O–H groups in total. The lowest BCUT2D eigenvalue weighted by atomic mass is 10.0. The van der Waals surface area contributed by atoms with Gasteiger partial charge in [0.25, 0.3) is 5.91 Å². The fourth-order valence-electron chi connectivity index (χ4n) is 5.48. The Morgan fingerprint density at radius 2 is 1.91 bits per heavy atom. The van der Waals surface area contributed by atoms with Crippen LogP contribution < -0.4 is 21.7 Å². The number of hydrogen-bond donors (Lipinski definition) is 4. The number of halogens is 3. The van der Waals surface area contributed by atoms with E-state index in [1.165, 1.54) is 0 Å². The van der Waals surface area contributed by atoms with Gasteiger partial charge in [0.2, 0.25) is 0 Å². The zero-order valence-electron chi connectivity index (χ0n) is 22.8. The number of piperidine rings is 1. The minimum atomic E-state index is -4.69. The average Bonchev–Trinajstić information content (AvgIpc) is 3.35. The highest BCUT2D eigenvalue weighted by Gasteiger charge is 2.37. The van der Waals surface area contributed by atoms with Gasteiger partial charge in [0.05, 0.1) is 16.9 Å². The molecule has 1 saturated heterocycles. The molecule has 6 rings (SSSR count). The molecule has 0 spiro atoms. The van der Waals surface area contributed by atoms with Gasteiger partial charge in [0.15, 0.2) is 0 Å². The fourth-order valence-corrected chi connectivity index (χ4v) is 6.45. The molecule has 0 aliphatic carbocycles. The van der Waals surface area contributed by atoms with Gasteiger partial charge in [-0.2, -0.15) is 13.2 Å². The van der Waals surface area contributed by atoms with E-state index in [1.807, 2.05) is 36.5 Å². The standard InChI is InChI=1S/C30H28F3N7O2S/c31-30(32,33)21-11-24(39-29-25(21)26(34)27(43-29)28(35)42)40-9-7-18(8-10-40)37-15-23(41)22-6-5-17(13-38-22)20-14-36-12-16-3-1-2-4-19(16)20/h1-6,11-14,18,23,37,41H,7-10,15,34H2,(H2,35,42). The van der Waals surface area contributed by atoms with Gasteiger partial charge in [0.1, 0.15) is 21.6 Å². The van der Waals surface area contributed by atoms with E-state index < -0.39 is 23.8 Å². The summed E-state index contributed by atoms with van der Waals surface area (Å²) in [5.41, 5.74) is 12.3. The van der Waals surface area contributed by atoms with Gasteiger partial charge in [0, 0.05) is 66.2 Å². The summed E-state index contributed by atoms with van der Waals surface area (Å²) >= 11 is 0.764. The predicted molar refractivity (Wildman–Crippen MR) is 161 cm³/mol. The highest BCUT2D eigenvalue weighted by atomic mass is 32.1. The summed E-state index contributed by atoms with van der Waals surface area (Å²) < 4.78 is 41.8. The molecule has 13 heteroatoms. The van der Waals surface area contributed by atoms with Crippen molar-refractivity contribution in [3.8, 4) is 11.1 Å². The predicted octanol–water partition coefficient (Wildman–Crippen LogP) is 4.90. The van der Waals surface area contributed by atoms with Gasteiger partial charge in [-0.05, 0) is 30.4 Å². The first-order valence-electron chi connectivity index (χ1n) is 13.7. The minimum absolute atomic E-state index is 0.0229. The molecular formula is C30H28F3N7O2S. The van der Waals surface area contributed by atoms with E-state index in [1.54, 1.807) is 23.4 Å². The first kappa shape index (κ1) is 28.8. The summed E-state index contributed by atoms with van der Waals surface area (Å²) in [4.78, 5) is 26.6. The number of primary amides is 1. The molecule has 43 heavy (non-hydrogen) atoms. The Morgan fingerprint density at radius 3 is 2.60 bits per heavy atom. The number of anilines is 2. The van der Waals surface area contributed by atoms with Crippen LogP contribution in [0.4, 0.5) is 24.7 Å². The largest absolute Gasteiger partial charge is 0.417 e. The molecule has 1 aliphatic heterocycles. The molecule has 1 unspecified atom stereocenters. The van der Waals surface area contributed by atoms with Crippen LogP contribution in [0.15, 0.2) is 61.1 Å². The number of thiophene rings is 1. The topological polar surface area (TPSA) is 143 Å². The molecule has 0 bridgehead atoms. The van der Waals surface area contributed by atoms with Gasteiger partial charge in [-0.15, -0.1) is 11.3 Å². The number of nitrogens with two attached hydrogens (primary N) is 2. The van der Waals surface area contributed by atoms with Crippen LogP contribution in [0.2, 0.25) is 0 Å². The molecule has 1 aliphatic rings. The molecule has 0 saturated carbocycles. The Hall–Kier alpha value is -4.33. The third-order valence-electron chi connectivity index (χ3n) is 7.74. The van der Waals surface area contributed by atoms with E-state index in [4.69, 9.17) is 11.5 Å². The second kappa shape index (κ2) is 11.4. The van der Waals surface area contributed by atoms with Crippen molar-refractivity contribution in [1.82, 2.24) is 20.3 Å². The number of aromatic nitrogens is 3. The fraction of sp³-hybridized carbons (Fsp3) is 0.267. The number of nitrogen functional groups attached to an aromatic ring is 1. The van der Waals surface area contributed by atoms with Crippen molar-refractivity contribution in [3.63, 3.8) is 0 Å². The van der Waals surface area contributed by atoms with Crippen molar-refractivity contribution in [2.75, 3.05) is 30.3 Å². The number of pyridine rings is 3. The number of alkyl halides is 3. The maximum atomic E-state index is 13.9. The zero-order chi connectivity index (χ0) is 30.3. The van der Waals surface area contributed by atoms with Crippen LogP contribution in [-0.2, 0) is 6.18 Å². The van der Waals surface area contributed by atoms with Crippen LogP contribution in [0.25, 0.3) is 32.1 Å². The number of nitrogens with zero attached hydrogens (tertiary/aromatic N) is 4. The van der Waals surface area contributed by atoms with E-state index in [2.05, 4.69) is 20.3 Å². The SMILES string of the molecule is NC(=O)c1sc2nc(N3CCC(NCC(O)c4ccc(-c5cncc6ccccc56)cn4)CC3)cc(C(F)(F)F)c2c1N. The molecular weight excluding hydrogens is 579 g/mol. The number of benzene rings is 1. The van der Waals surface area contributed by atoms with Gasteiger partial charge >= 0.3 is 6.18 Å². The number of hydrogen-bond acceptors (Lipinski definition) is 9. The number of amides is 1. The first-order chi connectivity index (χ1) is 20.6. The van der Waals surface area contributed by atoms with E-state index >= 15 is 0 Å². The Bertz CT molecular complexity index is 1800. The van der Waals surface area contributed by atoms with Crippen molar-refractivity contribution in [2.24, 2.45) is 5.73 Å². The summed E-state index contributed by atoms with van der Waals surface area (Å²) in [6.45, 7) is 1.19. The second-order valence-electron chi connectivity index (χ2n) is 10.5. The molecule has 1 amide bonds. The number of nitrogens with one attached hydrogen (secondary N) is 1. The Kier molecular flexibility index (Phi) is 7.63. The van der Waals surface area contributed by atoms with Crippen LogP contribution in [-0.4, -0.2) is 51.6 Å². The average molecular weight is 608 g/mol. The Morgan fingerprint density at radius 1 is 1.14 bits per heavy atom. The van der Waals surface area contributed by atoms with Gasteiger partial charge in [-0.25, -0.2) is 4.98 Å². The summed E-state index contributed by atoms with van der Waals surface area (Å²) in [5, 5.41) is 15.9. The van der Waals surface area contributed by atoms with Crippen LogP contribution in [0.1, 0.15) is 39.9 Å². The maximum Gasteiger partial charge on any atom is 0.417 e. The third-order valence-corrected chi connectivity index (χ3v) is 8.85. The zero-order valence-corrected chi connectivity index (χ0v) is 23.6. The smallest absolute Gasteiger partial charge is 0.397 e. The molecule has 1 aromatic carbocycles. The third kappa shape index (κ3) is 5.70. The first-order valence-corrected chi connectivity index (χ1v) is 14.5. The molecule has 5 aromatic rings. The monoisotopic (exact) mass is 607 g/mol. The molecule has 4 aromatic heterocycles. The summed E-state index contributed by atoms with van der Waals surface area (Å²) in [5.74, 6) is -0.723. The Balaban J connectivity index is 1.09. The van der Waals surface area contributed by atoms with Crippen LogP contribution in [0, 0.1) is 0 Å². The van der Waals surface area contributed by atoms with E-state index in [0.717, 1.165) is 39.3 Å². The quantitative estimate of drug-likeness (QED) is 0.205. The van der Waals surface area contributed by atoms with Crippen molar-refractivity contribution in [2.45, 2.75) is 31.2 Å². The molecule has 1 atom stereocenters. The lowest BCUT2D eigenvalue weighted by Gasteiger charge is -2.34. The normalized spacial score (nSPS) is 15.3.